The summed E-state index contributed by atoms with van der Waals surface area (Å²) in [6.45, 7) is 14.5. The molecule has 2 fully saturated rings. The van der Waals surface area contributed by atoms with E-state index < -0.39 is 0 Å². The van der Waals surface area contributed by atoms with Crippen LogP contribution in [-0.4, -0.2) is 81.0 Å². The van der Waals surface area contributed by atoms with Gasteiger partial charge in [0, 0.05) is 57.2 Å². The highest BCUT2D eigenvalue weighted by molar-refractivity contribution is 5.88. The van der Waals surface area contributed by atoms with Gasteiger partial charge in [-0.3, -0.25) is 4.57 Å². The van der Waals surface area contributed by atoms with E-state index in [2.05, 4.69) is 57.3 Å². The van der Waals surface area contributed by atoms with Crippen LogP contribution in [-0.2, 0) is 11.3 Å². The zero-order valence-electron chi connectivity index (χ0n) is 19.9. The summed E-state index contributed by atoms with van der Waals surface area (Å²) in [5, 5.41) is 3.58. The topological polar surface area (TPSA) is 97.1 Å². The second kappa shape index (κ2) is 9.18. The Morgan fingerprint density at radius 2 is 1.85 bits per heavy atom. The maximum absolute atomic E-state index is 5.60. The van der Waals surface area contributed by atoms with E-state index in [0.29, 0.717) is 37.0 Å². The monoisotopic (exact) mass is 451 g/mol. The molecule has 2 saturated heterocycles. The second-order valence-electron chi connectivity index (χ2n) is 9.50. The molecule has 0 aromatic carbocycles. The fraction of sp³-hybridized carbons (Fsp3) is 0.609. The molecule has 2 aliphatic rings. The van der Waals surface area contributed by atoms with Gasteiger partial charge in [0.1, 0.15) is 6.33 Å². The predicted molar refractivity (Wildman–Crippen MR) is 128 cm³/mol. The van der Waals surface area contributed by atoms with Gasteiger partial charge in [-0.05, 0) is 19.8 Å². The van der Waals surface area contributed by atoms with Crippen LogP contribution >= 0.6 is 0 Å². The van der Waals surface area contributed by atoms with Crippen molar-refractivity contribution in [3.63, 3.8) is 0 Å². The molecule has 0 saturated carbocycles. The Labute approximate surface area is 194 Å². The first-order valence-electron chi connectivity index (χ1n) is 11.9. The van der Waals surface area contributed by atoms with E-state index in [1.165, 1.54) is 6.33 Å². The lowest BCUT2D eigenvalue weighted by molar-refractivity contribution is 0.122. The van der Waals surface area contributed by atoms with Gasteiger partial charge in [0.05, 0.1) is 18.8 Å². The normalized spacial score (nSPS) is 21.8. The van der Waals surface area contributed by atoms with Crippen LogP contribution in [0.15, 0.2) is 18.7 Å². The van der Waals surface area contributed by atoms with Gasteiger partial charge >= 0.3 is 0 Å². The number of nitrogens with one attached hydrogen (secondary N) is 1. The van der Waals surface area contributed by atoms with Gasteiger partial charge in [0.15, 0.2) is 22.8 Å². The molecule has 5 rings (SSSR count). The molecule has 10 heteroatoms. The minimum absolute atomic E-state index is 0.339. The first-order valence-corrected chi connectivity index (χ1v) is 11.9. The van der Waals surface area contributed by atoms with Gasteiger partial charge in [-0.15, -0.1) is 0 Å². The SMILES string of the molecule is CC(C)Cn1c(N2C[C@@H](C)NC[C@@H]2C)nc2c(N3CCOCC3)nc(-c3cncnc3)nc21. The van der Waals surface area contributed by atoms with E-state index in [1.54, 1.807) is 12.4 Å². The average Bonchev–Trinajstić information content (AvgIpc) is 3.18. The third-order valence-electron chi connectivity index (χ3n) is 6.25. The Kier molecular flexibility index (Phi) is 6.11. The zero-order chi connectivity index (χ0) is 22.9. The molecule has 3 aromatic heterocycles. The van der Waals surface area contributed by atoms with Crippen LogP contribution in [0.1, 0.15) is 27.7 Å². The number of piperazine rings is 1. The highest BCUT2D eigenvalue weighted by Crippen LogP contribution is 2.32. The fourth-order valence-electron chi connectivity index (χ4n) is 4.57. The maximum atomic E-state index is 5.60. The number of imidazole rings is 1. The van der Waals surface area contributed by atoms with Crippen LogP contribution in [0.3, 0.4) is 0 Å². The van der Waals surface area contributed by atoms with Gasteiger partial charge in [0.25, 0.3) is 0 Å². The number of hydrogen-bond donors (Lipinski definition) is 1. The molecule has 0 aliphatic carbocycles. The van der Waals surface area contributed by atoms with Crippen molar-refractivity contribution < 1.29 is 4.74 Å². The van der Waals surface area contributed by atoms with Crippen molar-refractivity contribution in [1.29, 1.82) is 0 Å². The Morgan fingerprint density at radius 1 is 1.09 bits per heavy atom. The van der Waals surface area contributed by atoms with E-state index in [9.17, 15) is 0 Å². The summed E-state index contributed by atoms with van der Waals surface area (Å²) >= 11 is 0. The van der Waals surface area contributed by atoms with Crippen LogP contribution in [0.5, 0.6) is 0 Å². The van der Waals surface area contributed by atoms with Gasteiger partial charge in [0.2, 0.25) is 5.95 Å². The highest BCUT2D eigenvalue weighted by Gasteiger charge is 2.30. The second-order valence-corrected chi connectivity index (χ2v) is 9.50. The van der Waals surface area contributed by atoms with Gasteiger partial charge in [-0.25, -0.2) is 24.9 Å². The van der Waals surface area contributed by atoms with Crippen LogP contribution in [0.25, 0.3) is 22.6 Å². The number of ether oxygens (including phenoxy) is 1. The lowest BCUT2D eigenvalue weighted by Gasteiger charge is -2.38. The molecule has 0 unspecified atom stereocenters. The van der Waals surface area contributed by atoms with Crippen LogP contribution in [0.2, 0.25) is 0 Å². The minimum atomic E-state index is 0.339. The van der Waals surface area contributed by atoms with Crippen molar-refractivity contribution >= 4 is 22.9 Å². The molecule has 3 aromatic rings. The number of aromatic nitrogens is 6. The average molecular weight is 452 g/mol. The molecule has 0 radical (unpaired) electrons. The quantitative estimate of drug-likeness (QED) is 0.624. The number of anilines is 2. The maximum Gasteiger partial charge on any atom is 0.208 e. The molecule has 176 valence electrons. The van der Waals surface area contributed by atoms with E-state index in [1.807, 2.05) is 0 Å². The summed E-state index contributed by atoms with van der Waals surface area (Å²) in [4.78, 5) is 28.3. The molecule has 2 atom stereocenters. The number of hydrogen-bond acceptors (Lipinski definition) is 9. The molecule has 33 heavy (non-hydrogen) atoms. The summed E-state index contributed by atoms with van der Waals surface area (Å²) in [7, 11) is 0. The molecule has 1 N–H and O–H groups in total. The summed E-state index contributed by atoms with van der Waals surface area (Å²) < 4.78 is 7.89. The zero-order valence-corrected chi connectivity index (χ0v) is 19.9. The molecular formula is C23H33N9O. The van der Waals surface area contributed by atoms with E-state index in [4.69, 9.17) is 19.7 Å². The lowest BCUT2D eigenvalue weighted by Crippen LogP contribution is -2.55. The largest absolute Gasteiger partial charge is 0.378 e. The number of fused-ring (bicyclic) bond motifs is 1. The molecule has 10 nitrogen and oxygen atoms in total. The standard InChI is InChI=1S/C23H33N9O/c1-15(2)12-32-22-19(27-23(32)31-13-16(3)26-9-17(31)4)21(30-5-7-33-8-6-30)28-20(29-22)18-10-24-14-25-11-18/h10-11,14-17,26H,5-9,12-13H2,1-4H3/t16-,17+/m1/s1. The smallest absolute Gasteiger partial charge is 0.208 e. The van der Waals surface area contributed by atoms with Crippen molar-refractivity contribution in [2.75, 3.05) is 49.2 Å². The third-order valence-corrected chi connectivity index (χ3v) is 6.25. The number of rotatable bonds is 5. The van der Waals surface area contributed by atoms with Crippen LogP contribution in [0.4, 0.5) is 11.8 Å². The van der Waals surface area contributed by atoms with Crippen molar-refractivity contribution in [1.82, 2.24) is 34.8 Å². The van der Waals surface area contributed by atoms with Gasteiger partial charge in [-0.2, -0.15) is 0 Å². The summed E-state index contributed by atoms with van der Waals surface area (Å²) in [6, 6.07) is 0.737. The predicted octanol–water partition coefficient (Wildman–Crippen LogP) is 1.96. The Hall–Kier alpha value is -2.85. The summed E-state index contributed by atoms with van der Waals surface area (Å²) in [6.07, 6.45) is 5.06. The van der Waals surface area contributed by atoms with Gasteiger partial charge < -0.3 is 19.9 Å². The van der Waals surface area contributed by atoms with Gasteiger partial charge in [-0.1, -0.05) is 13.8 Å². The van der Waals surface area contributed by atoms with E-state index in [-0.39, 0.29) is 0 Å². The third kappa shape index (κ3) is 4.37. The first-order chi connectivity index (χ1) is 16.0. The number of nitrogens with zero attached hydrogens (tertiary/aromatic N) is 8. The van der Waals surface area contributed by atoms with Crippen LogP contribution in [0, 0.1) is 5.92 Å². The van der Waals surface area contributed by atoms with Crippen molar-refractivity contribution in [2.24, 2.45) is 5.92 Å². The molecule has 0 spiro atoms. The minimum Gasteiger partial charge on any atom is -0.378 e. The Bertz CT molecular complexity index is 1090. The summed E-state index contributed by atoms with van der Waals surface area (Å²) in [5.41, 5.74) is 2.52. The fourth-order valence-corrected chi connectivity index (χ4v) is 4.57. The molecule has 2 aliphatic heterocycles. The first kappa shape index (κ1) is 22.0. The highest BCUT2D eigenvalue weighted by atomic mass is 16.5. The molecule has 5 heterocycles. The summed E-state index contributed by atoms with van der Waals surface area (Å²) in [5.74, 6) is 2.91. The molecular weight excluding hydrogens is 418 g/mol. The number of morpholine rings is 1. The van der Waals surface area contributed by atoms with Crippen LogP contribution < -0.4 is 15.1 Å². The van der Waals surface area contributed by atoms with Crippen molar-refractivity contribution in [2.45, 2.75) is 46.3 Å². The van der Waals surface area contributed by atoms with Crippen molar-refractivity contribution in [3.05, 3.63) is 18.7 Å². The van der Waals surface area contributed by atoms with Crippen molar-refractivity contribution in [3.8, 4) is 11.4 Å². The Morgan fingerprint density at radius 3 is 2.58 bits per heavy atom. The van der Waals surface area contributed by atoms with E-state index in [0.717, 1.165) is 61.2 Å². The lowest BCUT2D eigenvalue weighted by atomic mass is 10.1. The van der Waals surface area contributed by atoms with E-state index >= 15 is 0 Å². The molecule has 0 amide bonds. The molecule has 0 bridgehead atoms. The Balaban J connectivity index is 1.72.